The molecule has 0 radical (unpaired) electrons. The van der Waals surface area contributed by atoms with Crippen LogP contribution in [0.15, 0.2) is 58.2 Å². The van der Waals surface area contributed by atoms with Crippen molar-refractivity contribution < 1.29 is 23.5 Å². The number of amides is 2. The smallest absolute Gasteiger partial charge is 0.424 e. The van der Waals surface area contributed by atoms with Crippen molar-refractivity contribution in [2.24, 2.45) is 5.73 Å². The van der Waals surface area contributed by atoms with E-state index < -0.39 is 29.9 Å². The maximum absolute atomic E-state index is 12.2. The summed E-state index contributed by atoms with van der Waals surface area (Å²) in [4.78, 5) is 41.0. The highest BCUT2D eigenvalue weighted by molar-refractivity contribution is 5.98. The number of ether oxygens (including phenoxy) is 2. The lowest BCUT2D eigenvalue weighted by Gasteiger charge is -2.30. The zero-order valence-electron chi connectivity index (χ0n) is 14.8. The summed E-state index contributed by atoms with van der Waals surface area (Å²) in [6.45, 7) is 0.0936. The van der Waals surface area contributed by atoms with Gasteiger partial charge in [-0.25, -0.2) is 19.1 Å². The van der Waals surface area contributed by atoms with Crippen LogP contribution in [-0.4, -0.2) is 40.3 Å². The summed E-state index contributed by atoms with van der Waals surface area (Å²) < 4.78 is 16.9. The van der Waals surface area contributed by atoms with Gasteiger partial charge in [0.05, 0.1) is 11.9 Å². The van der Waals surface area contributed by atoms with Crippen LogP contribution in [0, 0.1) is 0 Å². The predicted octanol–water partition coefficient (Wildman–Crippen LogP) is 1.06. The van der Waals surface area contributed by atoms with Gasteiger partial charge in [0, 0.05) is 11.8 Å². The normalized spacial score (nSPS) is 19.9. The summed E-state index contributed by atoms with van der Waals surface area (Å²) >= 11 is 0. The van der Waals surface area contributed by atoms with Crippen molar-refractivity contribution in [2.45, 2.75) is 12.1 Å². The fourth-order valence-corrected chi connectivity index (χ4v) is 3.52. The zero-order chi connectivity index (χ0) is 20.1. The fourth-order valence-electron chi connectivity index (χ4n) is 3.52. The molecule has 146 valence electrons. The molecule has 0 bridgehead atoms. The highest BCUT2D eigenvalue weighted by atomic mass is 16.6. The first-order valence-corrected chi connectivity index (χ1v) is 8.72. The quantitative estimate of drug-likeness (QED) is 0.703. The second kappa shape index (κ2) is 6.23. The van der Waals surface area contributed by atoms with Crippen LogP contribution in [0.5, 0.6) is 5.75 Å². The van der Waals surface area contributed by atoms with Gasteiger partial charge in [-0.1, -0.05) is 6.07 Å². The molecule has 5 rings (SSSR count). The number of nitrogens with two attached hydrogens (primary N) is 1. The highest BCUT2D eigenvalue weighted by Crippen LogP contribution is 2.40. The third-order valence-corrected chi connectivity index (χ3v) is 4.92. The molecule has 10 heteroatoms. The Labute approximate surface area is 163 Å². The fraction of sp³-hybridized carbons (Fsp3) is 0.158. The maximum Gasteiger partial charge on any atom is 0.424 e. The summed E-state index contributed by atoms with van der Waals surface area (Å²) in [7, 11) is 0. The van der Waals surface area contributed by atoms with Gasteiger partial charge in [0.25, 0.3) is 5.91 Å². The molecule has 29 heavy (non-hydrogen) atoms. The first kappa shape index (κ1) is 17.0. The molecule has 2 aliphatic heterocycles. The molecule has 0 aliphatic carbocycles. The van der Waals surface area contributed by atoms with Crippen LogP contribution in [0.1, 0.15) is 0 Å². The average Bonchev–Trinajstić information content (AvgIpc) is 3.31. The molecule has 0 saturated carbocycles. The molecule has 2 aliphatic rings. The second-order valence-electron chi connectivity index (χ2n) is 6.58. The Kier molecular flexibility index (Phi) is 3.66. The van der Waals surface area contributed by atoms with Crippen LogP contribution in [0.2, 0.25) is 0 Å². The van der Waals surface area contributed by atoms with Crippen LogP contribution in [0.3, 0.4) is 0 Å². The van der Waals surface area contributed by atoms with Crippen molar-refractivity contribution >= 4 is 17.7 Å². The first-order chi connectivity index (χ1) is 14.0. The lowest BCUT2D eigenvalue weighted by molar-refractivity contribution is -0.125. The van der Waals surface area contributed by atoms with E-state index in [4.69, 9.17) is 19.6 Å². The molecule has 2 N–H and O–H groups in total. The number of pyridine rings is 1. The largest absolute Gasteiger partial charge is 0.489 e. The maximum atomic E-state index is 12.2. The molecule has 3 aromatic rings. The number of nitrogens with zero attached hydrogens (tertiary/aromatic N) is 3. The number of hydrogen-bond donors (Lipinski definition) is 1. The molecule has 1 saturated heterocycles. The Hall–Kier alpha value is -4.08. The SMILES string of the molecule is NC(=O)[C@@H]1OC(=O)N2c3ccc(-c4ccc(-n5ccoc5=O)nc4)cc3OC[C@@H]12. The van der Waals surface area contributed by atoms with E-state index >= 15 is 0 Å². The molecule has 2 atom stereocenters. The second-order valence-corrected chi connectivity index (χ2v) is 6.58. The van der Waals surface area contributed by atoms with Gasteiger partial charge < -0.3 is 19.6 Å². The number of primary amides is 1. The van der Waals surface area contributed by atoms with Crippen LogP contribution in [0.25, 0.3) is 16.9 Å². The number of oxazole rings is 1. The van der Waals surface area contributed by atoms with E-state index in [1.54, 1.807) is 30.5 Å². The Balaban J connectivity index is 1.46. The third kappa shape index (κ3) is 2.64. The summed E-state index contributed by atoms with van der Waals surface area (Å²) in [6, 6.07) is 8.20. The summed E-state index contributed by atoms with van der Waals surface area (Å²) in [5.74, 6) is -0.316. The number of rotatable bonds is 3. The summed E-state index contributed by atoms with van der Waals surface area (Å²) in [5.41, 5.74) is 7.41. The van der Waals surface area contributed by atoms with Crippen molar-refractivity contribution in [1.82, 2.24) is 9.55 Å². The Morgan fingerprint density at radius 3 is 2.69 bits per heavy atom. The zero-order valence-corrected chi connectivity index (χ0v) is 14.8. The molecule has 1 aromatic carbocycles. The van der Waals surface area contributed by atoms with E-state index in [2.05, 4.69) is 4.98 Å². The number of aromatic nitrogens is 2. The Bertz CT molecular complexity index is 1180. The van der Waals surface area contributed by atoms with Crippen LogP contribution < -0.4 is 21.1 Å². The standard InChI is InChI=1S/C19H14N4O6/c20-17(24)16-13-9-28-14-7-10(1-3-12(14)23(13)19(26)29-16)11-2-4-15(21-8-11)22-5-6-27-18(22)25/h1-8,13,16H,9H2,(H2,20,24)/t13-,16+/m0/s1. The lowest BCUT2D eigenvalue weighted by atomic mass is 10.0. The molecule has 2 aromatic heterocycles. The molecular formula is C19H14N4O6. The van der Waals surface area contributed by atoms with E-state index in [-0.39, 0.29) is 6.61 Å². The number of fused-ring (bicyclic) bond motifs is 3. The summed E-state index contributed by atoms with van der Waals surface area (Å²) in [6.07, 6.45) is 2.72. The molecule has 0 unspecified atom stereocenters. The lowest BCUT2D eigenvalue weighted by Crippen LogP contribution is -2.48. The number of anilines is 1. The van der Waals surface area contributed by atoms with Gasteiger partial charge in [0.1, 0.15) is 30.5 Å². The number of benzene rings is 1. The minimum absolute atomic E-state index is 0.0936. The predicted molar refractivity (Wildman–Crippen MR) is 98.8 cm³/mol. The van der Waals surface area contributed by atoms with E-state index in [9.17, 15) is 14.4 Å². The van der Waals surface area contributed by atoms with E-state index in [0.717, 1.165) is 11.1 Å². The minimum Gasteiger partial charge on any atom is -0.489 e. The third-order valence-electron chi connectivity index (χ3n) is 4.92. The summed E-state index contributed by atoms with van der Waals surface area (Å²) in [5, 5.41) is 0. The molecule has 4 heterocycles. The topological polar surface area (TPSA) is 130 Å². The van der Waals surface area contributed by atoms with E-state index in [0.29, 0.717) is 17.3 Å². The Morgan fingerprint density at radius 1 is 1.17 bits per heavy atom. The van der Waals surface area contributed by atoms with Crippen LogP contribution >= 0.6 is 0 Å². The van der Waals surface area contributed by atoms with Crippen molar-refractivity contribution in [2.75, 3.05) is 11.5 Å². The Morgan fingerprint density at radius 2 is 2.00 bits per heavy atom. The van der Waals surface area contributed by atoms with Gasteiger partial charge in [0.2, 0.25) is 6.10 Å². The first-order valence-electron chi connectivity index (χ1n) is 8.72. The van der Waals surface area contributed by atoms with Crippen molar-refractivity contribution in [3.8, 4) is 22.7 Å². The van der Waals surface area contributed by atoms with Crippen molar-refractivity contribution in [3.05, 3.63) is 59.5 Å². The van der Waals surface area contributed by atoms with Crippen molar-refractivity contribution in [1.29, 1.82) is 0 Å². The van der Waals surface area contributed by atoms with E-state index in [1.165, 1.54) is 21.9 Å². The molecular weight excluding hydrogens is 380 g/mol. The van der Waals surface area contributed by atoms with E-state index in [1.807, 2.05) is 6.07 Å². The molecule has 1 fully saturated rings. The monoisotopic (exact) mass is 394 g/mol. The number of cyclic esters (lactones) is 1. The highest BCUT2D eigenvalue weighted by Gasteiger charge is 2.49. The number of carbonyl (C=O) groups excluding carboxylic acids is 2. The van der Waals surface area contributed by atoms with Gasteiger partial charge >= 0.3 is 11.8 Å². The van der Waals surface area contributed by atoms with Crippen LogP contribution in [0.4, 0.5) is 10.5 Å². The minimum atomic E-state index is -1.04. The molecule has 2 amide bonds. The number of hydrogen-bond acceptors (Lipinski definition) is 7. The van der Waals surface area contributed by atoms with Gasteiger partial charge in [-0.3, -0.25) is 9.69 Å². The van der Waals surface area contributed by atoms with Gasteiger partial charge in [-0.15, -0.1) is 0 Å². The molecule has 10 nitrogen and oxygen atoms in total. The van der Waals surface area contributed by atoms with Gasteiger partial charge in [-0.05, 0) is 29.8 Å². The molecule has 0 spiro atoms. The van der Waals surface area contributed by atoms with Gasteiger partial charge in [0.15, 0.2) is 0 Å². The average molecular weight is 394 g/mol. The van der Waals surface area contributed by atoms with Gasteiger partial charge in [-0.2, -0.15) is 0 Å². The number of carbonyl (C=O) groups is 2. The van der Waals surface area contributed by atoms with Crippen molar-refractivity contribution in [3.63, 3.8) is 0 Å². The van der Waals surface area contributed by atoms with Crippen LogP contribution in [-0.2, 0) is 9.53 Å².